The van der Waals surface area contributed by atoms with E-state index in [9.17, 15) is 4.79 Å². The number of rotatable bonds is 2. The van der Waals surface area contributed by atoms with E-state index in [-0.39, 0.29) is 5.78 Å². The summed E-state index contributed by atoms with van der Waals surface area (Å²) in [4.78, 5) is 14.7. The van der Waals surface area contributed by atoms with Crippen molar-refractivity contribution in [1.82, 2.24) is 8.39 Å². The number of hydrogen-bond donors (Lipinski definition) is 0. The Morgan fingerprint density at radius 2 is 2.42 bits per heavy atom. The van der Waals surface area contributed by atoms with Crippen LogP contribution in [-0.4, -0.2) is 10.8 Å². The van der Waals surface area contributed by atoms with E-state index >= 15 is 0 Å². The Hall–Kier alpha value is -1.02. The summed E-state index contributed by atoms with van der Waals surface area (Å²) in [6.45, 7) is 1.50. The van der Waals surface area contributed by atoms with E-state index < -0.39 is 0 Å². The molecule has 0 aliphatic rings. The van der Waals surface area contributed by atoms with Crippen LogP contribution < -0.4 is 3.41 Å². The molecule has 0 atom stereocenters. The van der Waals surface area contributed by atoms with E-state index in [2.05, 4.69) is 13.5 Å². The topological polar surface area (TPSA) is 56.4 Å². The van der Waals surface area contributed by atoms with Gasteiger partial charge in [0.2, 0.25) is 0 Å². The van der Waals surface area contributed by atoms with Gasteiger partial charge in [0.25, 0.3) is 0 Å². The molecule has 1 rings (SSSR count). The van der Waals surface area contributed by atoms with E-state index in [4.69, 9.17) is 0 Å². The number of ketones is 1. The molecule has 0 spiro atoms. The van der Waals surface area contributed by atoms with Crippen LogP contribution in [0.1, 0.15) is 17.3 Å². The summed E-state index contributed by atoms with van der Waals surface area (Å²) in [5, 5.41) is 3.70. The predicted octanol–water partition coefficient (Wildman–Crippen LogP) is 1.17. The molecule has 0 saturated carbocycles. The van der Waals surface area contributed by atoms with Crippen LogP contribution >= 0.6 is 0 Å². The van der Waals surface area contributed by atoms with Crippen LogP contribution in [0.25, 0.3) is 0 Å². The van der Waals surface area contributed by atoms with Crippen molar-refractivity contribution in [2.75, 3.05) is 0 Å². The molecule has 0 radical (unpaired) electrons. The van der Waals surface area contributed by atoms with Gasteiger partial charge in [-0.15, -0.1) is 0 Å². The second-order valence-electron chi connectivity index (χ2n) is 2.14. The number of Topliss-reactive ketones (excluding diaryl/α,β-unsaturated/α-hetero) is 1. The monoisotopic (exact) mass is 245 g/mol. The summed E-state index contributed by atoms with van der Waals surface area (Å²) < 4.78 is 3.53. The zero-order chi connectivity index (χ0) is 8.97. The third-order valence-electron chi connectivity index (χ3n) is 1.29. The minimum absolute atomic E-state index is 0.000428. The Bertz CT molecular complexity index is 319. The summed E-state index contributed by atoms with van der Waals surface area (Å²) >= 11 is 1.76. The summed E-state index contributed by atoms with van der Waals surface area (Å²) in [6, 6.07) is 3.33. The predicted molar refractivity (Wildman–Crippen MR) is 38.5 cm³/mol. The maximum atomic E-state index is 10.8. The SMILES string of the molecule is CC(=O)c1ccc(N=[N+]=[Tc])nc1. The zero-order valence-electron chi connectivity index (χ0n) is 6.36. The second kappa shape index (κ2) is 4.12. The molecule has 5 heteroatoms. The van der Waals surface area contributed by atoms with E-state index in [1.807, 2.05) is 0 Å². The average molecular weight is 246 g/mol. The molecule has 1 aromatic rings. The van der Waals surface area contributed by atoms with Crippen LogP contribution in [0, 0.1) is 0 Å². The Kier molecular flexibility index (Phi) is 3.11. The normalized spacial score (nSPS) is 8.75. The molecule has 0 aliphatic carbocycles. The van der Waals surface area contributed by atoms with Crippen molar-refractivity contribution in [1.29, 1.82) is 0 Å². The van der Waals surface area contributed by atoms with Gasteiger partial charge in [0.05, 0.1) is 0 Å². The average Bonchev–Trinajstić information content (AvgIpc) is 2.06. The molecule has 0 bridgehead atoms. The van der Waals surface area contributed by atoms with Crippen LogP contribution in [0.2, 0.25) is 0 Å². The fourth-order valence-electron chi connectivity index (χ4n) is 0.692. The van der Waals surface area contributed by atoms with Gasteiger partial charge in [-0.2, -0.15) is 0 Å². The molecule has 0 aromatic carbocycles. The standard InChI is InChI=1S/C7H6N3O.Tc/c1-5(11)6-2-3-7(10-8)9-4-6;/h2-4H,1H3;/q-1;+2. The van der Waals surface area contributed by atoms with Gasteiger partial charge in [-0.1, -0.05) is 0 Å². The van der Waals surface area contributed by atoms with Gasteiger partial charge in [-0.25, -0.2) is 0 Å². The Balaban J connectivity index is 3.00. The number of carbonyl (C=O) groups is 1. The van der Waals surface area contributed by atoms with Crippen molar-refractivity contribution in [3.8, 4) is 0 Å². The van der Waals surface area contributed by atoms with Crippen molar-refractivity contribution >= 4 is 11.6 Å². The van der Waals surface area contributed by atoms with Gasteiger partial charge in [0.15, 0.2) is 0 Å². The quantitative estimate of drug-likeness (QED) is 0.446. The number of aromatic nitrogens is 1. The molecule has 0 fully saturated rings. The molecule has 0 unspecified atom stereocenters. The molecule has 4 nitrogen and oxygen atoms in total. The van der Waals surface area contributed by atoms with E-state index in [0.29, 0.717) is 11.4 Å². The fraction of sp³-hybridized carbons (Fsp3) is 0.143. The molecular weight excluding hydrogens is 240 g/mol. The van der Waals surface area contributed by atoms with Gasteiger partial charge in [0.1, 0.15) is 0 Å². The van der Waals surface area contributed by atoms with Crippen molar-refractivity contribution in [3.63, 3.8) is 0 Å². The summed E-state index contributed by atoms with van der Waals surface area (Å²) in [5.41, 5.74) is 0.586. The van der Waals surface area contributed by atoms with E-state index in [0.717, 1.165) is 0 Å². The number of nitrogens with zero attached hydrogens (tertiary/aromatic N) is 3. The van der Waals surface area contributed by atoms with Crippen molar-refractivity contribution in [3.05, 3.63) is 23.9 Å². The summed E-state index contributed by atoms with van der Waals surface area (Å²) in [5.74, 6) is 0.509. The molecule has 1 heterocycles. The number of hydrogen-bond acceptors (Lipinski definition) is 3. The molecule has 12 heavy (non-hydrogen) atoms. The fourth-order valence-corrected chi connectivity index (χ4v) is 0.883. The third kappa shape index (κ3) is 2.24. The summed E-state index contributed by atoms with van der Waals surface area (Å²) in [6.07, 6.45) is 1.49. The van der Waals surface area contributed by atoms with Gasteiger partial charge >= 0.3 is 79.4 Å². The minimum atomic E-state index is 0.000428. The Labute approximate surface area is 79.7 Å². The van der Waals surface area contributed by atoms with E-state index in [1.54, 1.807) is 30.8 Å². The maximum absolute atomic E-state index is 10.8. The molecular formula is C7H6N3OTc+. The molecule has 61 valence electrons. The van der Waals surface area contributed by atoms with Crippen molar-refractivity contribution in [2.45, 2.75) is 6.92 Å². The van der Waals surface area contributed by atoms with Crippen molar-refractivity contribution < 1.29 is 23.5 Å². The molecule has 1 aromatic heterocycles. The first-order valence-electron chi connectivity index (χ1n) is 3.23. The third-order valence-corrected chi connectivity index (χ3v) is 1.48. The Morgan fingerprint density at radius 1 is 1.67 bits per heavy atom. The first-order valence-corrected chi connectivity index (χ1v) is 4.06. The number of pyridine rings is 1. The van der Waals surface area contributed by atoms with Gasteiger partial charge < -0.3 is 0 Å². The molecule has 0 amide bonds. The molecule has 0 N–H and O–H groups in total. The first kappa shape index (κ1) is 9.07. The van der Waals surface area contributed by atoms with Crippen LogP contribution in [0.4, 0.5) is 5.82 Å². The van der Waals surface area contributed by atoms with Crippen LogP contribution in [0.3, 0.4) is 0 Å². The Morgan fingerprint density at radius 3 is 2.83 bits per heavy atom. The zero-order valence-corrected chi connectivity index (χ0v) is 8.22. The molecule has 0 saturated heterocycles. The van der Waals surface area contributed by atoms with Crippen LogP contribution in [0.5, 0.6) is 0 Å². The van der Waals surface area contributed by atoms with E-state index in [1.165, 1.54) is 13.1 Å². The van der Waals surface area contributed by atoms with Gasteiger partial charge in [-0.05, 0) is 0 Å². The van der Waals surface area contributed by atoms with Crippen molar-refractivity contribution in [2.24, 2.45) is 5.11 Å². The van der Waals surface area contributed by atoms with Crippen LogP contribution in [0.15, 0.2) is 23.4 Å². The second-order valence-corrected chi connectivity index (χ2v) is 2.51. The molecule has 0 aliphatic heterocycles. The first-order chi connectivity index (χ1) is 5.74. The van der Waals surface area contributed by atoms with Crippen LogP contribution in [-0.2, 0) is 18.7 Å². The number of carbonyl (C=O) groups excluding carboxylic acids is 1. The van der Waals surface area contributed by atoms with Gasteiger partial charge in [-0.3, -0.25) is 0 Å². The summed E-state index contributed by atoms with van der Waals surface area (Å²) in [7, 11) is 0. The van der Waals surface area contributed by atoms with Gasteiger partial charge in [0, 0.05) is 0 Å².